The molecule has 1 aromatic rings. The Labute approximate surface area is 158 Å². The van der Waals surface area contributed by atoms with Gasteiger partial charge in [-0.15, -0.1) is 0 Å². The molecule has 1 spiro atoms. The molecule has 3 fully saturated rings. The molecule has 0 aromatic heterocycles. The van der Waals surface area contributed by atoms with Crippen LogP contribution in [0.3, 0.4) is 0 Å². The number of likely N-dealkylation sites (tertiary alicyclic amines) is 1. The van der Waals surface area contributed by atoms with Gasteiger partial charge in [-0.05, 0) is 75.1 Å². The maximum absolute atomic E-state index is 12.5. The van der Waals surface area contributed by atoms with Gasteiger partial charge >= 0.3 is 6.61 Å². The highest BCUT2D eigenvalue weighted by Crippen LogP contribution is 2.53. The number of nitrogens with zero attached hydrogens (tertiary/aromatic N) is 1. The first-order valence-electron chi connectivity index (χ1n) is 9.72. The van der Waals surface area contributed by atoms with E-state index in [-0.39, 0.29) is 23.0 Å². The van der Waals surface area contributed by atoms with Gasteiger partial charge in [-0.2, -0.15) is 8.78 Å². The van der Waals surface area contributed by atoms with E-state index in [1.807, 2.05) is 11.8 Å². The molecule has 4 nitrogen and oxygen atoms in total. The number of alkyl halides is 2. The number of ether oxygens (including phenoxy) is 1. The summed E-state index contributed by atoms with van der Waals surface area (Å²) in [7, 11) is 0. The summed E-state index contributed by atoms with van der Waals surface area (Å²) in [5.74, 6) is 0.703. The summed E-state index contributed by atoms with van der Waals surface area (Å²) in [6, 6.07) is 5.43. The molecule has 1 saturated heterocycles. The van der Waals surface area contributed by atoms with Crippen molar-refractivity contribution in [1.82, 2.24) is 4.90 Å². The number of carbonyl (C=O) groups is 1. The van der Waals surface area contributed by atoms with E-state index in [1.54, 1.807) is 19.1 Å². The van der Waals surface area contributed by atoms with Gasteiger partial charge < -0.3 is 14.7 Å². The fourth-order valence-corrected chi connectivity index (χ4v) is 5.32. The van der Waals surface area contributed by atoms with Crippen LogP contribution >= 0.6 is 0 Å². The highest BCUT2D eigenvalue weighted by Gasteiger charge is 2.53. The normalized spacial score (nSPS) is 31.7. The molecule has 1 amide bonds. The first-order chi connectivity index (χ1) is 12.6. The molecule has 1 atom stereocenters. The van der Waals surface area contributed by atoms with Crippen molar-refractivity contribution in [1.29, 1.82) is 0 Å². The maximum Gasteiger partial charge on any atom is 0.387 e. The molecule has 2 saturated carbocycles. The summed E-state index contributed by atoms with van der Waals surface area (Å²) in [6.07, 6.45) is 4.18. The molecule has 1 N–H and O–H groups in total. The minimum Gasteiger partial charge on any atom is -0.435 e. The van der Waals surface area contributed by atoms with E-state index in [0.717, 1.165) is 43.5 Å². The molecule has 1 aromatic carbocycles. The zero-order chi connectivity index (χ0) is 19.4. The number of halogens is 2. The van der Waals surface area contributed by atoms with Crippen molar-refractivity contribution in [2.45, 2.75) is 64.1 Å². The molecule has 0 bridgehead atoms. The molecule has 6 heteroatoms. The topological polar surface area (TPSA) is 49.8 Å². The van der Waals surface area contributed by atoms with E-state index < -0.39 is 12.2 Å². The van der Waals surface area contributed by atoms with E-state index >= 15 is 0 Å². The molecule has 1 aliphatic heterocycles. The minimum absolute atomic E-state index is 0.0274. The van der Waals surface area contributed by atoms with Crippen molar-refractivity contribution in [3.05, 3.63) is 29.3 Å². The molecule has 27 heavy (non-hydrogen) atoms. The Kier molecular flexibility index (Phi) is 4.45. The number of benzene rings is 1. The molecule has 3 aliphatic rings. The number of hydrogen-bond donors (Lipinski definition) is 1. The fraction of sp³-hybridized carbons (Fsp3) is 0.667. The second-order valence-corrected chi connectivity index (χ2v) is 9.19. The van der Waals surface area contributed by atoms with Crippen molar-refractivity contribution in [2.24, 2.45) is 11.3 Å². The van der Waals surface area contributed by atoms with Crippen LogP contribution in [0.5, 0.6) is 5.75 Å². The van der Waals surface area contributed by atoms with Gasteiger partial charge in [0.1, 0.15) is 5.75 Å². The lowest BCUT2D eigenvalue weighted by atomic mass is 9.69. The predicted octanol–water partition coefficient (Wildman–Crippen LogP) is 3.85. The third-order valence-electron chi connectivity index (χ3n) is 6.56. The summed E-state index contributed by atoms with van der Waals surface area (Å²) in [5, 5.41) is 9.84. The molecular formula is C21H27F2NO3. The lowest BCUT2D eigenvalue weighted by molar-refractivity contribution is -0.161. The second kappa shape index (κ2) is 6.43. The van der Waals surface area contributed by atoms with Gasteiger partial charge in [0.05, 0.1) is 5.60 Å². The number of amides is 1. The van der Waals surface area contributed by atoms with Crippen LogP contribution in [0.25, 0.3) is 0 Å². The van der Waals surface area contributed by atoms with E-state index in [1.165, 1.54) is 0 Å². The standard InChI is InChI=1S/C21H27F2NO3/c1-13-5-15(7-17(6-13)27-19(22)23)14-3-4-21(10-14)11-24(12-21)18(25)16-8-20(2,26)9-16/h5-7,14,16,19,26H,3-4,8-12H2,1-2H3/t14?,16-,20+. The van der Waals surface area contributed by atoms with Crippen LogP contribution in [0.4, 0.5) is 8.78 Å². The highest BCUT2D eigenvalue weighted by molar-refractivity contribution is 5.81. The monoisotopic (exact) mass is 379 g/mol. The molecule has 0 radical (unpaired) electrons. The molecular weight excluding hydrogens is 352 g/mol. The first kappa shape index (κ1) is 18.7. The van der Waals surface area contributed by atoms with Gasteiger partial charge in [-0.25, -0.2) is 0 Å². The van der Waals surface area contributed by atoms with Crippen LogP contribution in [-0.4, -0.2) is 41.2 Å². The SMILES string of the molecule is Cc1cc(OC(F)F)cc(C2CCC3(C2)CN(C(=O)[C@H]2C[C@@](C)(O)C2)C3)c1. The summed E-state index contributed by atoms with van der Waals surface area (Å²) in [6.45, 7) is 2.43. The van der Waals surface area contributed by atoms with E-state index in [0.29, 0.717) is 18.8 Å². The van der Waals surface area contributed by atoms with Crippen LogP contribution < -0.4 is 4.74 Å². The third-order valence-corrected chi connectivity index (χ3v) is 6.56. The summed E-state index contributed by atoms with van der Waals surface area (Å²) < 4.78 is 29.7. The van der Waals surface area contributed by atoms with Crippen molar-refractivity contribution >= 4 is 5.91 Å². The average Bonchev–Trinajstić information content (AvgIpc) is 2.94. The van der Waals surface area contributed by atoms with Gasteiger partial charge in [-0.1, -0.05) is 6.07 Å². The quantitative estimate of drug-likeness (QED) is 0.864. The number of carbonyl (C=O) groups excluding carboxylic acids is 1. The average molecular weight is 379 g/mol. The molecule has 1 heterocycles. The Morgan fingerprint density at radius 3 is 2.59 bits per heavy atom. The van der Waals surface area contributed by atoms with Gasteiger partial charge in [0.2, 0.25) is 5.91 Å². The number of aliphatic hydroxyl groups is 1. The van der Waals surface area contributed by atoms with E-state index in [2.05, 4.69) is 10.8 Å². The van der Waals surface area contributed by atoms with Crippen LogP contribution in [0.2, 0.25) is 0 Å². The lowest BCUT2D eigenvalue weighted by Crippen LogP contribution is -2.61. The predicted molar refractivity (Wildman–Crippen MR) is 96.8 cm³/mol. The van der Waals surface area contributed by atoms with Gasteiger partial charge in [-0.3, -0.25) is 4.79 Å². The Morgan fingerprint density at radius 1 is 1.26 bits per heavy atom. The summed E-state index contributed by atoms with van der Waals surface area (Å²) in [5.41, 5.74) is 1.47. The first-order valence-corrected chi connectivity index (χ1v) is 9.72. The molecule has 1 unspecified atom stereocenters. The largest absolute Gasteiger partial charge is 0.435 e. The summed E-state index contributed by atoms with van der Waals surface area (Å²) in [4.78, 5) is 14.4. The van der Waals surface area contributed by atoms with Gasteiger partial charge in [0.25, 0.3) is 0 Å². The van der Waals surface area contributed by atoms with E-state index in [4.69, 9.17) is 0 Å². The zero-order valence-electron chi connectivity index (χ0n) is 15.9. The number of hydrogen-bond acceptors (Lipinski definition) is 3. The van der Waals surface area contributed by atoms with Crippen molar-refractivity contribution in [3.8, 4) is 5.75 Å². The number of rotatable bonds is 4. The van der Waals surface area contributed by atoms with Gasteiger partial charge in [0.15, 0.2) is 0 Å². The van der Waals surface area contributed by atoms with Crippen LogP contribution in [0, 0.1) is 18.3 Å². The molecule has 2 aliphatic carbocycles. The van der Waals surface area contributed by atoms with Crippen molar-refractivity contribution < 1.29 is 23.4 Å². The zero-order valence-corrected chi connectivity index (χ0v) is 15.9. The Bertz CT molecular complexity index is 735. The summed E-state index contributed by atoms with van der Waals surface area (Å²) >= 11 is 0. The smallest absolute Gasteiger partial charge is 0.387 e. The third kappa shape index (κ3) is 3.68. The van der Waals surface area contributed by atoms with Crippen LogP contribution in [-0.2, 0) is 4.79 Å². The Morgan fingerprint density at radius 2 is 1.96 bits per heavy atom. The van der Waals surface area contributed by atoms with E-state index in [9.17, 15) is 18.7 Å². The molecule has 148 valence electrons. The Balaban J connectivity index is 1.36. The minimum atomic E-state index is -2.81. The lowest BCUT2D eigenvalue weighted by Gasteiger charge is -2.52. The van der Waals surface area contributed by atoms with Crippen molar-refractivity contribution in [2.75, 3.05) is 13.1 Å². The van der Waals surface area contributed by atoms with Crippen LogP contribution in [0.1, 0.15) is 56.1 Å². The maximum atomic E-state index is 12.5. The fourth-order valence-electron chi connectivity index (χ4n) is 5.32. The second-order valence-electron chi connectivity index (χ2n) is 9.19. The van der Waals surface area contributed by atoms with Crippen molar-refractivity contribution in [3.63, 3.8) is 0 Å². The van der Waals surface area contributed by atoms with Crippen LogP contribution in [0.15, 0.2) is 18.2 Å². The number of aryl methyl sites for hydroxylation is 1. The Hall–Kier alpha value is -1.69. The molecule has 4 rings (SSSR count). The highest BCUT2D eigenvalue weighted by atomic mass is 19.3. The van der Waals surface area contributed by atoms with Gasteiger partial charge in [0, 0.05) is 24.4 Å².